The normalized spacial score (nSPS) is 16.6. The lowest BCUT2D eigenvalue weighted by Gasteiger charge is -2.30. The quantitative estimate of drug-likeness (QED) is 0.272. The van der Waals surface area contributed by atoms with Crippen LogP contribution in [0.1, 0.15) is 51.5 Å². The smallest absolute Gasteiger partial charge is 0.271 e. The number of carbonyl (C=O) groups excluding carboxylic acids is 1. The fraction of sp³-hybridized carbons (Fsp3) is 0.129. The van der Waals surface area contributed by atoms with E-state index >= 15 is 0 Å². The number of aryl methyl sites for hydroxylation is 1. The minimum absolute atomic E-state index is 0.0260. The maximum Gasteiger partial charge on any atom is 0.271 e. The molecule has 0 bridgehead atoms. The molecule has 0 N–H and O–H groups in total. The Kier molecular flexibility index (Phi) is 5.49. The van der Waals surface area contributed by atoms with E-state index in [4.69, 9.17) is 9.41 Å². The zero-order valence-electron chi connectivity index (χ0n) is 20.5. The highest BCUT2D eigenvalue weighted by atomic mass is 32.1. The number of hydrogen-bond acceptors (Lipinski definition) is 6. The van der Waals surface area contributed by atoms with Gasteiger partial charge in [0.1, 0.15) is 11.5 Å². The molecule has 2 aromatic carbocycles. The van der Waals surface area contributed by atoms with E-state index in [0.29, 0.717) is 26.4 Å². The number of nitrogens with zero attached hydrogens (tertiary/aromatic N) is 2. The van der Waals surface area contributed by atoms with E-state index in [1.807, 2.05) is 34.9 Å². The number of fused-ring (bicyclic) bond motifs is 3. The second-order valence-electron chi connectivity index (χ2n) is 9.46. The third-order valence-electron chi connectivity index (χ3n) is 7.16. The number of carbonyl (C=O) groups is 1. The monoisotopic (exact) mass is 534 g/mol. The predicted molar refractivity (Wildman–Crippen MR) is 151 cm³/mol. The van der Waals surface area contributed by atoms with Crippen molar-refractivity contribution in [1.82, 2.24) is 4.57 Å². The van der Waals surface area contributed by atoms with E-state index in [2.05, 4.69) is 35.7 Å². The lowest BCUT2D eigenvalue weighted by molar-refractivity contribution is 0.101. The number of ketones is 1. The van der Waals surface area contributed by atoms with Gasteiger partial charge in [-0.25, -0.2) is 4.99 Å². The van der Waals surface area contributed by atoms with Gasteiger partial charge >= 0.3 is 0 Å². The van der Waals surface area contributed by atoms with Crippen LogP contribution in [0.2, 0.25) is 0 Å². The van der Waals surface area contributed by atoms with Crippen molar-refractivity contribution >= 4 is 40.2 Å². The molecule has 1 aliphatic carbocycles. The Bertz CT molecular complexity index is 1920. The second-order valence-corrected chi connectivity index (χ2v) is 11.5. The molecule has 0 spiro atoms. The SMILES string of the molecule is CC(=O)c1ccc(-c2ccc(/C=c3/sc4n(c3=O)[C@@H](c3cccs3)C3=C(N=4)c4ccccc4CC3)o2)cc1. The first-order valence-corrected chi connectivity index (χ1v) is 14.1. The Hall–Kier alpha value is -4.07. The van der Waals surface area contributed by atoms with Crippen molar-refractivity contribution in [3.8, 4) is 11.3 Å². The Morgan fingerprint density at radius 3 is 2.66 bits per heavy atom. The Morgan fingerprint density at radius 2 is 1.87 bits per heavy atom. The Morgan fingerprint density at radius 1 is 1.03 bits per heavy atom. The molecular weight excluding hydrogens is 512 g/mol. The van der Waals surface area contributed by atoms with Crippen molar-refractivity contribution in [2.45, 2.75) is 25.8 Å². The van der Waals surface area contributed by atoms with Crippen molar-refractivity contribution in [1.29, 1.82) is 0 Å². The molecule has 5 aromatic rings. The molecule has 0 saturated heterocycles. The lowest BCUT2D eigenvalue weighted by Crippen LogP contribution is -2.38. The van der Waals surface area contributed by atoms with Crippen molar-refractivity contribution in [3.05, 3.63) is 131 Å². The molecule has 4 heterocycles. The third-order valence-corrected chi connectivity index (χ3v) is 9.07. The number of thiazole rings is 1. The number of rotatable bonds is 4. The molecule has 186 valence electrons. The van der Waals surface area contributed by atoms with Crippen molar-refractivity contribution in [3.63, 3.8) is 0 Å². The molecule has 0 saturated carbocycles. The number of allylic oxidation sites excluding steroid dienone is 1. The van der Waals surface area contributed by atoms with Crippen LogP contribution in [-0.4, -0.2) is 10.4 Å². The van der Waals surface area contributed by atoms with Crippen LogP contribution in [0.3, 0.4) is 0 Å². The molecule has 38 heavy (non-hydrogen) atoms. The molecule has 7 rings (SSSR count). The standard InChI is InChI=1S/C31H22N2O3S2/c1-18(34)19-8-10-21(11-9-19)25-15-13-22(36-25)17-27-30(35)33-29(26-7-4-16-37-26)24-14-12-20-5-2-3-6-23(20)28(24)32-31(33)38-27/h2-11,13,15-17,29H,12,14H2,1H3/b27-17+/t29-/m1/s1. The summed E-state index contributed by atoms with van der Waals surface area (Å²) < 4.78 is 8.53. The number of hydrogen-bond donors (Lipinski definition) is 0. The van der Waals surface area contributed by atoms with Gasteiger partial charge in [0.25, 0.3) is 5.56 Å². The molecule has 1 aliphatic heterocycles. The van der Waals surface area contributed by atoms with Gasteiger partial charge in [0.05, 0.1) is 16.3 Å². The largest absolute Gasteiger partial charge is 0.457 e. The zero-order chi connectivity index (χ0) is 25.8. The van der Waals surface area contributed by atoms with Gasteiger partial charge in [-0.3, -0.25) is 14.2 Å². The van der Waals surface area contributed by atoms with E-state index < -0.39 is 0 Å². The van der Waals surface area contributed by atoms with Crippen molar-refractivity contribution in [2.24, 2.45) is 4.99 Å². The first-order chi connectivity index (χ1) is 18.6. The number of thiophene rings is 1. The number of Topliss-reactive ketones (excluding diaryl/α,β-unsaturated/α-hetero) is 1. The van der Waals surface area contributed by atoms with Gasteiger partial charge in [-0.15, -0.1) is 11.3 Å². The number of benzene rings is 2. The molecule has 0 fully saturated rings. The van der Waals surface area contributed by atoms with Crippen molar-refractivity contribution < 1.29 is 9.21 Å². The van der Waals surface area contributed by atoms with Crippen LogP contribution in [-0.2, 0) is 6.42 Å². The molecule has 0 radical (unpaired) electrons. The Labute approximate surface area is 226 Å². The van der Waals surface area contributed by atoms with Gasteiger partial charge in [-0.05, 0) is 54.5 Å². The van der Waals surface area contributed by atoms with Crippen molar-refractivity contribution in [2.75, 3.05) is 0 Å². The summed E-state index contributed by atoms with van der Waals surface area (Å²) in [5.74, 6) is 1.31. The van der Waals surface area contributed by atoms with Crippen LogP contribution in [0.25, 0.3) is 23.1 Å². The zero-order valence-corrected chi connectivity index (χ0v) is 22.1. The minimum Gasteiger partial charge on any atom is -0.457 e. The predicted octanol–water partition coefficient (Wildman–Crippen LogP) is 5.84. The molecule has 2 aliphatic rings. The van der Waals surface area contributed by atoms with Crippen LogP contribution in [0.4, 0.5) is 0 Å². The fourth-order valence-electron chi connectivity index (χ4n) is 5.30. The molecule has 0 unspecified atom stereocenters. The number of furan rings is 1. The second kappa shape index (κ2) is 9.04. The van der Waals surface area contributed by atoms with E-state index in [-0.39, 0.29) is 17.4 Å². The summed E-state index contributed by atoms with van der Waals surface area (Å²) in [4.78, 5) is 32.3. The molecule has 0 amide bonds. The summed E-state index contributed by atoms with van der Waals surface area (Å²) in [5.41, 5.74) is 6.17. The summed E-state index contributed by atoms with van der Waals surface area (Å²) in [6.07, 6.45) is 3.63. The van der Waals surface area contributed by atoms with E-state index in [0.717, 1.165) is 29.0 Å². The topological polar surface area (TPSA) is 64.6 Å². The summed E-state index contributed by atoms with van der Waals surface area (Å²) in [5, 5.41) is 2.07. The van der Waals surface area contributed by atoms with E-state index in [1.54, 1.807) is 36.5 Å². The van der Waals surface area contributed by atoms with Gasteiger partial charge in [0, 0.05) is 27.6 Å². The van der Waals surface area contributed by atoms with E-state index in [1.165, 1.54) is 28.0 Å². The lowest BCUT2D eigenvalue weighted by atomic mass is 9.85. The maximum atomic E-state index is 13.8. The Balaban J connectivity index is 1.34. The molecule has 3 aromatic heterocycles. The summed E-state index contributed by atoms with van der Waals surface area (Å²) in [7, 11) is 0. The molecular formula is C31H22N2O3S2. The summed E-state index contributed by atoms with van der Waals surface area (Å²) in [6, 6.07) is 23.5. The number of aromatic nitrogens is 1. The summed E-state index contributed by atoms with van der Waals surface area (Å²) in [6.45, 7) is 1.55. The fourth-order valence-corrected chi connectivity index (χ4v) is 7.13. The van der Waals surface area contributed by atoms with Gasteiger partial charge in [-0.1, -0.05) is 65.9 Å². The maximum absolute atomic E-state index is 13.8. The minimum atomic E-state index is -0.149. The van der Waals surface area contributed by atoms with Crippen LogP contribution in [0.15, 0.2) is 98.0 Å². The molecule has 1 atom stereocenters. The van der Waals surface area contributed by atoms with Crippen LogP contribution >= 0.6 is 22.7 Å². The molecule has 5 nitrogen and oxygen atoms in total. The van der Waals surface area contributed by atoms with Gasteiger partial charge in [-0.2, -0.15) is 0 Å². The van der Waals surface area contributed by atoms with Gasteiger partial charge in [0.2, 0.25) is 0 Å². The highest BCUT2D eigenvalue weighted by Crippen LogP contribution is 2.42. The highest BCUT2D eigenvalue weighted by Gasteiger charge is 2.33. The van der Waals surface area contributed by atoms with Crippen LogP contribution in [0, 0.1) is 0 Å². The molecule has 7 heteroatoms. The third kappa shape index (κ3) is 3.78. The average Bonchev–Trinajstić information content (AvgIpc) is 3.70. The van der Waals surface area contributed by atoms with Crippen LogP contribution < -0.4 is 14.9 Å². The first-order valence-electron chi connectivity index (χ1n) is 12.4. The van der Waals surface area contributed by atoms with Gasteiger partial charge < -0.3 is 4.42 Å². The first kappa shape index (κ1) is 23.1. The van der Waals surface area contributed by atoms with Crippen LogP contribution in [0.5, 0.6) is 0 Å². The highest BCUT2D eigenvalue weighted by molar-refractivity contribution is 7.10. The average molecular weight is 535 g/mol. The summed E-state index contributed by atoms with van der Waals surface area (Å²) >= 11 is 3.07. The van der Waals surface area contributed by atoms with E-state index in [9.17, 15) is 9.59 Å². The van der Waals surface area contributed by atoms with Gasteiger partial charge in [0.15, 0.2) is 10.6 Å².